The maximum Gasteiger partial charge on any atom is 0.251 e. The number of hydrogen-bond donors (Lipinski definition) is 1. The fourth-order valence-corrected chi connectivity index (χ4v) is 2.74. The minimum atomic E-state index is -0.472. The molecule has 1 heterocycles. The SMILES string of the molecule is Cc1cn(-c2ccc(C(=O)NCCc3cccc(Cl)c3)cc2F)cn1. The van der Waals surface area contributed by atoms with E-state index in [0.29, 0.717) is 23.7 Å². The second kappa shape index (κ2) is 7.49. The van der Waals surface area contributed by atoms with Gasteiger partial charge < -0.3 is 9.88 Å². The van der Waals surface area contributed by atoms with Gasteiger partial charge in [-0.25, -0.2) is 9.37 Å². The van der Waals surface area contributed by atoms with Gasteiger partial charge in [0.15, 0.2) is 0 Å². The Morgan fingerprint density at radius 1 is 1.28 bits per heavy atom. The number of carbonyl (C=O) groups excluding carboxylic acids is 1. The van der Waals surface area contributed by atoms with E-state index in [-0.39, 0.29) is 11.5 Å². The Kier molecular flexibility index (Phi) is 5.14. The van der Waals surface area contributed by atoms with Gasteiger partial charge in [0.05, 0.1) is 17.7 Å². The summed E-state index contributed by atoms with van der Waals surface area (Å²) in [6.07, 6.45) is 3.92. The molecular formula is C19H17ClFN3O. The van der Waals surface area contributed by atoms with Crippen LogP contribution in [0.15, 0.2) is 55.0 Å². The van der Waals surface area contributed by atoms with Crippen LogP contribution in [0.25, 0.3) is 5.69 Å². The number of aromatic nitrogens is 2. The van der Waals surface area contributed by atoms with Gasteiger partial charge in [0.1, 0.15) is 5.82 Å². The number of benzene rings is 2. The van der Waals surface area contributed by atoms with Crippen molar-refractivity contribution in [2.75, 3.05) is 6.54 Å². The third-order valence-corrected chi connectivity index (χ3v) is 4.02. The van der Waals surface area contributed by atoms with E-state index in [4.69, 9.17) is 11.6 Å². The summed E-state index contributed by atoms with van der Waals surface area (Å²) in [6.45, 7) is 2.28. The highest BCUT2D eigenvalue weighted by atomic mass is 35.5. The van der Waals surface area contributed by atoms with Crippen LogP contribution in [-0.4, -0.2) is 22.0 Å². The minimum absolute atomic E-state index is 0.282. The first-order chi connectivity index (χ1) is 12.0. The van der Waals surface area contributed by atoms with E-state index in [1.807, 2.05) is 25.1 Å². The van der Waals surface area contributed by atoms with Crippen LogP contribution in [0.1, 0.15) is 21.6 Å². The van der Waals surface area contributed by atoms with E-state index in [9.17, 15) is 9.18 Å². The van der Waals surface area contributed by atoms with Gasteiger partial charge in [-0.2, -0.15) is 0 Å². The Labute approximate surface area is 150 Å². The zero-order valence-electron chi connectivity index (χ0n) is 13.7. The fourth-order valence-electron chi connectivity index (χ4n) is 2.53. The first-order valence-electron chi connectivity index (χ1n) is 7.86. The van der Waals surface area contributed by atoms with Crippen molar-refractivity contribution in [3.63, 3.8) is 0 Å². The van der Waals surface area contributed by atoms with E-state index >= 15 is 0 Å². The summed E-state index contributed by atoms with van der Waals surface area (Å²) < 4.78 is 15.9. The number of halogens is 2. The smallest absolute Gasteiger partial charge is 0.251 e. The molecule has 0 spiro atoms. The topological polar surface area (TPSA) is 46.9 Å². The number of amides is 1. The average molecular weight is 358 g/mol. The highest BCUT2D eigenvalue weighted by Gasteiger charge is 2.11. The van der Waals surface area contributed by atoms with E-state index in [1.54, 1.807) is 35.3 Å². The van der Waals surface area contributed by atoms with Crippen LogP contribution >= 0.6 is 11.6 Å². The molecule has 0 atom stereocenters. The highest BCUT2D eigenvalue weighted by Crippen LogP contribution is 2.16. The molecule has 0 aliphatic heterocycles. The lowest BCUT2D eigenvalue weighted by Crippen LogP contribution is -2.25. The molecular weight excluding hydrogens is 341 g/mol. The molecule has 0 fully saturated rings. The summed E-state index contributed by atoms with van der Waals surface area (Å²) in [4.78, 5) is 16.3. The third kappa shape index (κ3) is 4.25. The van der Waals surface area contributed by atoms with Crippen molar-refractivity contribution >= 4 is 17.5 Å². The Hall–Kier alpha value is -2.66. The number of hydrogen-bond acceptors (Lipinski definition) is 2. The molecule has 0 bridgehead atoms. The van der Waals surface area contributed by atoms with Gasteiger partial charge in [0.2, 0.25) is 0 Å². The number of aryl methyl sites for hydroxylation is 1. The Morgan fingerprint density at radius 2 is 2.12 bits per heavy atom. The van der Waals surface area contributed by atoms with Crippen molar-refractivity contribution in [2.24, 2.45) is 0 Å². The van der Waals surface area contributed by atoms with Crippen LogP contribution in [0.4, 0.5) is 4.39 Å². The van der Waals surface area contributed by atoms with Gasteiger partial charge in [-0.15, -0.1) is 0 Å². The summed E-state index contributed by atoms with van der Waals surface area (Å²) in [7, 11) is 0. The van der Waals surface area contributed by atoms with Gasteiger partial charge in [-0.05, 0) is 49.2 Å². The standard InChI is InChI=1S/C19H17ClFN3O/c1-13-11-24(12-23-13)18-6-5-15(10-17(18)21)19(25)22-8-7-14-3-2-4-16(20)9-14/h2-6,9-12H,7-8H2,1H3,(H,22,25). The van der Waals surface area contributed by atoms with Crippen LogP contribution in [0.3, 0.4) is 0 Å². The maximum absolute atomic E-state index is 14.3. The van der Waals surface area contributed by atoms with Gasteiger partial charge in [-0.1, -0.05) is 23.7 Å². The van der Waals surface area contributed by atoms with Crippen molar-refractivity contribution in [3.8, 4) is 5.69 Å². The number of carbonyl (C=O) groups is 1. The molecule has 2 aromatic carbocycles. The van der Waals surface area contributed by atoms with Crippen molar-refractivity contribution in [1.29, 1.82) is 0 Å². The van der Waals surface area contributed by atoms with Crippen molar-refractivity contribution in [2.45, 2.75) is 13.3 Å². The fraction of sp³-hybridized carbons (Fsp3) is 0.158. The Bertz CT molecular complexity index is 907. The first kappa shape index (κ1) is 17.2. The lowest BCUT2D eigenvalue weighted by atomic mass is 10.1. The molecule has 4 nitrogen and oxygen atoms in total. The average Bonchev–Trinajstić information content (AvgIpc) is 3.01. The molecule has 0 saturated carbocycles. The van der Waals surface area contributed by atoms with Gasteiger partial charge >= 0.3 is 0 Å². The predicted molar refractivity (Wildman–Crippen MR) is 95.7 cm³/mol. The van der Waals surface area contributed by atoms with Crippen LogP contribution < -0.4 is 5.32 Å². The van der Waals surface area contributed by atoms with Crippen LogP contribution in [0, 0.1) is 12.7 Å². The second-order valence-corrected chi connectivity index (χ2v) is 6.16. The predicted octanol–water partition coefficient (Wildman–Crippen LogP) is 3.95. The molecule has 25 heavy (non-hydrogen) atoms. The van der Waals surface area contributed by atoms with E-state index in [0.717, 1.165) is 11.3 Å². The summed E-state index contributed by atoms with van der Waals surface area (Å²) >= 11 is 5.93. The minimum Gasteiger partial charge on any atom is -0.352 e. The highest BCUT2D eigenvalue weighted by molar-refractivity contribution is 6.30. The lowest BCUT2D eigenvalue weighted by molar-refractivity contribution is 0.0953. The number of rotatable bonds is 5. The lowest BCUT2D eigenvalue weighted by Gasteiger charge is -2.08. The molecule has 3 aromatic rings. The first-order valence-corrected chi connectivity index (χ1v) is 8.24. The van der Waals surface area contributed by atoms with Crippen molar-refractivity contribution < 1.29 is 9.18 Å². The largest absolute Gasteiger partial charge is 0.352 e. The molecule has 1 aromatic heterocycles. The van der Waals surface area contributed by atoms with Crippen molar-refractivity contribution in [3.05, 3.63) is 82.6 Å². The molecule has 6 heteroatoms. The number of imidazole rings is 1. The molecule has 0 aliphatic carbocycles. The summed E-state index contributed by atoms with van der Waals surface area (Å²) in [5.41, 5.74) is 2.47. The molecule has 1 amide bonds. The van der Waals surface area contributed by atoms with E-state index < -0.39 is 5.82 Å². The molecule has 128 valence electrons. The van der Waals surface area contributed by atoms with Gasteiger partial charge in [0.25, 0.3) is 5.91 Å². The molecule has 1 N–H and O–H groups in total. The molecule has 0 saturated heterocycles. The Balaban J connectivity index is 1.63. The number of nitrogens with one attached hydrogen (secondary N) is 1. The van der Waals surface area contributed by atoms with Crippen LogP contribution in [0.5, 0.6) is 0 Å². The van der Waals surface area contributed by atoms with Gasteiger partial charge in [0, 0.05) is 23.3 Å². The zero-order valence-corrected chi connectivity index (χ0v) is 14.4. The van der Waals surface area contributed by atoms with E-state index in [1.165, 1.54) is 6.07 Å². The summed E-state index contributed by atoms with van der Waals surface area (Å²) in [5.74, 6) is -0.783. The summed E-state index contributed by atoms with van der Waals surface area (Å²) in [5, 5.41) is 3.45. The molecule has 0 aliphatic rings. The molecule has 0 radical (unpaired) electrons. The molecule has 0 unspecified atom stereocenters. The molecule has 3 rings (SSSR count). The Morgan fingerprint density at radius 3 is 2.80 bits per heavy atom. The van der Waals surface area contributed by atoms with Gasteiger partial charge in [-0.3, -0.25) is 4.79 Å². The summed E-state index contributed by atoms with van der Waals surface area (Å²) in [6, 6.07) is 11.9. The third-order valence-electron chi connectivity index (χ3n) is 3.79. The monoisotopic (exact) mass is 357 g/mol. The second-order valence-electron chi connectivity index (χ2n) is 5.72. The normalized spacial score (nSPS) is 10.7. The quantitative estimate of drug-likeness (QED) is 0.751. The maximum atomic E-state index is 14.3. The zero-order chi connectivity index (χ0) is 17.8. The van der Waals surface area contributed by atoms with Crippen LogP contribution in [0.2, 0.25) is 5.02 Å². The van der Waals surface area contributed by atoms with E-state index in [2.05, 4.69) is 10.3 Å². The van der Waals surface area contributed by atoms with Crippen LogP contribution in [-0.2, 0) is 6.42 Å². The number of nitrogens with zero attached hydrogens (tertiary/aromatic N) is 2. The van der Waals surface area contributed by atoms with Crippen molar-refractivity contribution in [1.82, 2.24) is 14.9 Å².